The Hall–Kier alpha value is -3.79. The fourth-order valence-corrected chi connectivity index (χ4v) is 4.40. The zero-order valence-corrected chi connectivity index (χ0v) is 17.3. The summed E-state index contributed by atoms with van der Waals surface area (Å²) < 4.78 is 1.54. The van der Waals surface area contributed by atoms with Gasteiger partial charge in [-0.3, -0.25) is 14.0 Å². The van der Waals surface area contributed by atoms with E-state index in [1.54, 1.807) is 32.9 Å². The first-order valence-electron chi connectivity index (χ1n) is 9.79. The number of imidazole rings is 1. The van der Waals surface area contributed by atoms with Gasteiger partial charge in [-0.15, -0.1) is 11.3 Å². The van der Waals surface area contributed by atoms with Crippen LogP contribution in [0.25, 0.3) is 16.9 Å². The third kappa shape index (κ3) is 3.50. The quantitative estimate of drug-likeness (QED) is 0.527. The van der Waals surface area contributed by atoms with E-state index in [9.17, 15) is 9.59 Å². The molecule has 3 aromatic heterocycles. The lowest BCUT2D eigenvalue weighted by Gasteiger charge is -2.34. The molecule has 0 unspecified atom stereocenters. The Morgan fingerprint density at radius 2 is 1.81 bits per heavy atom. The highest BCUT2D eigenvalue weighted by Crippen LogP contribution is 2.23. The highest BCUT2D eigenvalue weighted by molar-refractivity contribution is 7.13. The van der Waals surface area contributed by atoms with Gasteiger partial charge in [0.25, 0.3) is 11.8 Å². The molecule has 0 radical (unpaired) electrons. The Morgan fingerprint density at radius 3 is 2.48 bits per heavy atom. The first kappa shape index (κ1) is 19.2. The minimum Gasteiger partial charge on any atom is -0.364 e. The van der Waals surface area contributed by atoms with Gasteiger partial charge >= 0.3 is 0 Å². The monoisotopic (exact) mass is 433 g/mol. The minimum absolute atomic E-state index is 0.0421. The standard InChI is InChI=1S/C21H19N7O2S/c22-18(29)17-19-25-15(14-4-2-1-3-5-14)12-16(28(19)13-24-17)20(30)26-7-9-27(10-8-26)21-23-6-11-31-21/h1-6,11-13H,7-10H2,(H2,22,29). The molecular formula is C21H19N7O2S. The normalized spacial score (nSPS) is 14.2. The maximum Gasteiger partial charge on any atom is 0.271 e. The van der Waals surface area contributed by atoms with Crippen molar-refractivity contribution in [2.24, 2.45) is 5.73 Å². The van der Waals surface area contributed by atoms with E-state index in [0.717, 1.165) is 10.7 Å². The van der Waals surface area contributed by atoms with E-state index in [2.05, 4.69) is 19.9 Å². The molecule has 0 spiro atoms. The van der Waals surface area contributed by atoms with Crippen molar-refractivity contribution in [3.8, 4) is 11.3 Å². The number of hydrogen-bond donors (Lipinski definition) is 1. The number of rotatable bonds is 4. The van der Waals surface area contributed by atoms with Gasteiger partial charge in [-0.25, -0.2) is 15.0 Å². The third-order valence-electron chi connectivity index (χ3n) is 5.28. The Bertz CT molecular complexity index is 1250. The van der Waals surface area contributed by atoms with Gasteiger partial charge in [-0.05, 0) is 6.07 Å². The molecule has 0 aliphatic carbocycles. The number of amides is 2. The molecule has 10 heteroatoms. The molecule has 0 atom stereocenters. The zero-order valence-electron chi connectivity index (χ0n) is 16.5. The largest absolute Gasteiger partial charge is 0.364 e. The second kappa shape index (κ2) is 7.80. The first-order chi connectivity index (χ1) is 15.1. The van der Waals surface area contributed by atoms with Crippen LogP contribution in [-0.2, 0) is 0 Å². The average molecular weight is 433 g/mol. The predicted octanol–water partition coefficient (Wildman–Crippen LogP) is 1.91. The van der Waals surface area contributed by atoms with E-state index < -0.39 is 5.91 Å². The Balaban J connectivity index is 1.51. The summed E-state index contributed by atoms with van der Waals surface area (Å²) >= 11 is 1.59. The van der Waals surface area contributed by atoms with Gasteiger partial charge in [-0.1, -0.05) is 30.3 Å². The minimum atomic E-state index is -0.685. The second-order valence-electron chi connectivity index (χ2n) is 7.14. The summed E-state index contributed by atoms with van der Waals surface area (Å²) in [5, 5.41) is 2.91. The molecule has 4 aromatic rings. The van der Waals surface area contributed by atoms with Crippen LogP contribution in [0.4, 0.5) is 5.13 Å². The summed E-state index contributed by atoms with van der Waals surface area (Å²) in [4.78, 5) is 42.3. The number of fused-ring (bicyclic) bond motifs is 1. The Labute approximate surface area is 181 Å². The van der Waals surface area contributed by atoms with E-state index in [1.165, 1.54) is 6.33 Å². The number of anilines is 1. The van der Waals surface area contributed by atoms with Crippen LogP contribution in [0, 0.1) is 0 Å². The van der Waals surface area contributed by atoms with Crippen molar-refractivity contribution in [1.82, 2.24) is 24.3 Å². The number of aromatic nitrogens is 4. The van der Waals surface area contributed by atoms with Crippen LogP contribution in [0.3, 0.4) is 0 Å². The molecule has 0 bridgehead atoms. The molecule has 1 fully saturated rings. The fourth-order valence-electron chi connectivity index (χ4n) is 3.70. The molecule has 156 valence electrons. The summed E-state index contributed by atoms with van der Waals surface area (Å²) in [5.74, 6) is -0.826. The van der Waals surface area contributed by atoms with E-state index in [0.29, 0.717) is 37.6 Å². The lowest BCUT2D eigenvalue weighted by molar-refractivity contribution is 0.0739. The van der Waals surface area contributed by atoms with Gasteiger partial charge in [0.2, 0.25) is 0 Å². The summed E-state index contributed by atoms with van der Waals surface area (Å²) in [6.45, 7) is 2.55. The van der Waals surface area contributed by atoms with Crippen molar-refractivity contribution in [2.75, 3.05) is 31.1 Å². The number of benzene rings is 1. The molecule has 1 saturated heterocycles. The fraction of sp³-hybridized carbons (Fsp3) is 0.190. The predicted molar refractivity (Wildman–Crippen MR) is 117 cm³/mol. The average Bonchev–Trinajstić information content (AvgIpc) is 3.49. The van der Waals surface area contributed by atoms with Crippen molar-refractivity contribution in [3.05, 3.63) is 65.7 Å². The number of piperazine rings is 1. The van der Waals surface area contributed by atoms with Crippen LogP contribution < -0.4 is 10.6 Å². The summed E-state index contributed by atoms with van der Waals surface area (Å²) in [6, 6.07) is 11.2. The van der Waals surface area contributed by atoms with E-state index in [-0.39, 0.29) is 17.2 Å². The maximum atomic E-state index is 13.5. The van der Waals surface area contributed by atoms with E-state index in [1.807, 2.05) is 35.7 Å². The van der Waals surface area contributed by atoms with Crippen LogP contribution in [0.1, 0.15) is 21.0 Å². The number of nitrogens with zero attached hydrogens (tertiary/aromatic N) is 6. The van der Waals surface area contributed by atoms with Crippen molar-refractivity contribution >= 4 is 33.9 Å². The van der Waals surface area contributed by atoms with E-state index in [4.69, 9.17) is 5.73 Å². The SMILES string of the molecule is NC(=O)c1ncn2c(C(=O)N3CCN(c4nccs4)CC3)cc(-c3ccccc3)nc12. The molecule has 2 N–H and O–H groups in total. The Morgan fingerprint density at radius 1 is 1.03 bits per heavy atom. The molecule has 0 saturated carbocycles. The van der Waals surface area contributed by atoms with Crippen molar-refractivity contribution in [3.63, 3.8) is 0 Å². The number of nitrogens with two attached hydrogens (primary N) is 1. The number of primary amides is 1. The number of hydrogen-bond acceptors (Lipinski definition) is 7. The van der Waals surface area contributed by atoms with Gasteiger partial charge in [0.05, 0.1) is 5.69 Å². The molecule has 1 aliphatic rings. The molecule has 5 rings (SSSR count). The van der Waals surface area contributed by atoms with Gasteiger partial charge in [0.15, 0.2) is 16.5 Å². The first-order valence-corrected chi connectivity index (χ1v) is 10.7. The molecule has 2 amide bonds. The smallest absolute Gasteiger partial charge is 0.271 e. The Kier molecular flexibility index (Phi) is 4.83. The van der Waals surface area contributed by atoms with Crippen molar-refractivity contribution < 1.29 is 9.59 Å². The molecule has 1 aromatic carbocycles. The second-order valence-corrected chi connectivity index (χ2v) is 8.01. The lowest BCUT2D eigenvalue weighted by atomic mass is 10.1. The van der Waals surface area contributed by atoms with Crippen LogP contribution in [-0.4, -0.2) is 62.2 Å². The van der Waals surface area contributed by atoms with Crippen molar-refractivity contribution in [1.29, 1.82) is 0 Å². The highest BCUT2D eigenvalue weighted by atomic mass is 32.1. The number of carbonyl (C=O) groups is 2. The van der Waals surface area contributed by atoms with Crippen LogP contribution in [0.5, 0.6) is 0 Å². The summed E-state index contributed by atoms with van der Waals surface area (Å²) in [6.07, 6.45) is 3.21. The molecule has 4 heterocycles. The van der Waals surface area contributed by atoms with Crippen molar-refractivity contribution in [2.45, 2.75) is 0 Å². The van der Waals surface area contributed by atoms with E-state index >= 15 is 0 Å². The number of thiazole rings is 1. The van der Waals surface area contributed by atoms with Gasteiger partial charge < -0.3 is 15.5 Å². The van der Waals surface area contributed by atoms with Gasteiger partial charge in [0, 0.05) is 43.3 Å². The zero-order chi connectivity index (χ0) is 21.4. The topological polar surface area (TPSA) is 110 Å². The summed E-state index contributed by atoms with van der Waals surface area (Å²) in [5.41, 5.74) is 7.62. The molecular weight excluding hydrogens is 414 g/mol. The molecule has 1 aliphatic heterocycles. The van der Waals surface area contributed by atoms with Crippen LogP contribution in [0.2, 0.25) is 0 Å². The third-order valence-corrected chi connectivity index (χ3v) is 6.11. The number of carbonyl (C=O) groups excluding carboxylic acids is 2. The molecule has 9 nitrogen and oxygen atoms in total. The van der Waals surface area contributed by atoms with Crippen LogP contribution in [0.15, 0.2) is 54.3 Å². The lowest BCUT2D eigenvalue weighted by Crippen LogP contribution is -2.49. The maximum absolute atomic E-state index is 13.5. The molecule has 31 heavy (non-hydrogen) atoms. The summed E-state index contributed by atoms with van der Waals surface area (Å²) in [7, 11) is 0. The van der Waals surface area contributed by atoms with Gasteiger partial charge in [-0.2, -0.15) is 0 Å². The van der Waals surface area contributed by atoms with Gasteiger partial charge in [0.1, 0.15) is 12.0 Å². The van der Waals surface area contributed by atoms with Crippen LogP contribution >= 0.6 is 11.3 Å². The highest BCUT2D eigenvalue weighted by Gasteiger charge is 2.26.